The van der Waals surface area contributed by atoms with Gasteiger partial charge in [-0.15, -0.1) is 0 Å². The maximum absolute atomic E-state index is 13.6. The molecule has 2 aromatic carbocycles. The Hall–Kier alpha value is -3.45. The summed E-state index contributed by atoms with van der Waals surface area (Å²) in [5.41, 5.74) is 5.00. The molecule has 33 heavy (non-hydrogen) atoms. The Kier molecular flexibility index (Phi) is 4.72. The number of carbonyl (C=O) groups excluding carboxylic acids is 1. The monoisotopic (exact) mass is 440 g/mol. The average molecular weight is 440 g/mol. The van der Waals surface area contributed by atoms with Crippen molar-refractivity contribution in [3.63, 3.8) is 0 Å². The Labute approximate surface area is 193 Å². The molecule has 1 heterocycles. The number of allylic oxidation sites excluding steroid dienone is 2. The Morgan fingerprint density at radius 3 is 2.52 bits per heavy atom. The summed E-state index contributed by atoms with van der Waals surface area (Å²) in [7, 11) is 0. The minimum atomic E-state index is -0.605. The van der Waals surface area contributed by atoms with Crippen LogP contribution >= 0.6 is 0 Å². The van der Waals surface area contributed by atoms with Crippen molar-refractivity contribution in [1.82, 2.24) is 0 Å². The molecular weight excluding hydrogens is 416 g/mol. The van der Waals surface area contributed by atoms with Gasteiger partial charge in [-0.25, -0.2) is 0 Å². The third kappa shape index (κ3) is 3.26. The number of ether oxygens (including phenoxy) is 3. The van der Waals surface area contributed by atoms with Crippen molar-refractivity contribution in [2.24, 2.45) is 0 Å². The highest BCUT2D eigenvalue weighted by Crippen LogP contribution is 2.51. The van der Waals surface area contributed by atoms with Crippen molar-refractivity contribution in [3.05, 3.63) is 69.3 Å². The molecule has 0 bridgehead atoms. The van der Waals surface area contributed by atoms with Gasteiger partial charge in [-0.05, 0) is 66.8 Å². The molecule has 0 N–H and O–H groups in total. The summed E-state index contributed by atoms with van der Waals surface area (Å²) in [4.78, 5) is 13.6. The fraction of sp³-hybridized carbons (Fsp3) is 0.370. The number of hydrogen-bond acceptors (Lipinski definition) is 6. The van der Waals surface area contributed by atoms with Crippen LogP contribution in [0.1, 0.15) is 65.9 Å². The van der Waals surface area contributed by atoms with Crippen molar-refractivity contribution in [2.45, 2.75) is 51.4 Å². The summed E-state index contributed by atoms with van der Waals surface area (Å²) < 4.78 is 17.4. The maximum Gasteiger partial charge on any atom is 0.193 e. The lowest BCUT2D eigenvalue weighted by Crippen LogP contribution is -2.30. The van der Waals surface area contributed by atoms with Crippen LogP contribution in [0.25, 0.3) is 5.57 Å². The molecule has 0 saturated carbocycles. The van der Waals surface area contributed by atoms with Gasteiger partial charge in [-0.3, -0.25) is 4.79 Å². The molecule has 0 amide bonds. The summed E-state index contributed by atoms with van der Waals surface area (Å²) in [6.45, 7) is 8.78. The number of fused-ring (bicyclic) bond motifs is 3. The summed E-state index contributed by atoms with van der Waals surface area (Å²) in [6.07, 6.45) is 0.331. The number of nitrogens with zero attached hydrogens (tertiary/aromatic N) is 2. The van der Waals surface area contributed by atoms with Crippen LogP contribution in [-0.2, 0) is 21.3 Å². The van der Waals surface area contributed by atoms with E-state index in [0.29, 0.717) is 47.6 Å². The van der Waals surface area contributed by atoms with Gasteiger partial charge < -0.3 is 14.2 Å². The standard InChI is InChI=1S/C27H24N2O4/c1-26(2)22-9-16(31-13-17-14-32-27(3,4)33-17)6-8-19(22)25(30)24-18-7-5-15(11-28)21(12-29)20(18)10-23(24)26/h5-9,17H,10,13-14H2,1-4H3/t17-/m0/s1. The molecule has 0 unspecified atom stereocenters. The number of hydrogen-bond donors (Lipinski definition) is 0. The molecule has 6 heteroatoms. The van der Waals surface area contributed by atoms with Gasteiger partial charge >= 0.3 is 0 Å². The van der Waals surface area contributed by atoms with Gasteiger partial charge in [-0.2, -0.15) is 10.5 Å². The zero-order valence-electron chi connectivity index (χ0n) is 19.1. The number of ketones is 1. The van der Waals surface area contributed by atoms with E-state index in [0.717, 1.165) is 22.3 Å². The van der Waals surface area contributed by atoms with Gasteiger partial charge in [0.15, 0.2) is 11.6 Å². The average Bonchev–Trinajstić information content (AvgIpc) is 3.35. The normalized spacial score (nSPS) is 21.6. The lowest BCUT2D eigenvalue weighted by atomic mass is 9.68. The van der Waals surface area contributed by atoms with Crippen molar-refractivity contribution in [1.29, 1.82) is 10.5 Å². The molecule has 1 aliphatic heterocycles. The molecule has 2 aromatic rings. The van der Waals surface area contributed by atoms with E-state index < -0.39 is 11.2 Å². The van der Waals surface area contributed by atoms with Crippen LogP contribution in [0.3, 0.4) is 0 Å². The van der Waals surface area contributed by atoms with Crippen molar-refractivity contribution in [3.8, 4) is 17.9 Å². The SMILES string of the molecule is CC1(C)OC[C@H](COc2ccc3c(c2)C(C)(C)C2=C(C3=O)c3ccc(C#N)c(C#N)c3C2)O1. The van der Waals surface area contributed by atoms with Gasteiger partial charge in [0.2, 0.25) is 0 Å². The van der Waals surface area contributed by atoms with Crippen LogP contribution in [0.4, 0.5) is 0 Å². The van der Waals surface area contributed by atoms with E-state index in [-0.39, 0.29) is 11.9 Å². The van der Waals surface area contributed by atoms with E-state index >= 15 is 0 Å². The van der Waals surface area contributed by atoms with Crippen LogP contribution in [-0.4, -0.2) is 30.9 Å². The second-order valence-electron chi connectivity index (χ2n) is 9.69. The third-order valence-corrected chi connectivity index (χ3v) is 6.86. The van der Waals surface area contributed by atoms with Crippen LogP contribution < -0.4 is 4.74 Å². The fourth-order valence-corrected chi connectivity index (χ4v) is 5.17. The zero-order chi connectivity index (χ0) is 23.5. The summed E-state index contributed by atoms with van der Waals surface area (Å²) in [6, 6.07) is 13.3. The smallest absolute Gasteiger partial charge is 0.193 e. The molecular formula is C27H24N2O4. The molecule has 1 saturated heterocycles. The van der Waals surface area contributed by atoms with Gasteiger partial charge in [-0.1, -0.05) is 19.9 Å². The minimum Gasteiger partial charge on any atom is -0.491 e. The van der Waals surface area contributed by atoms with Crippen LogP contribution in [0.5, 0.6) is 5.75 Å². The molecule has 166 valence electrons. The summed E-state index contributed by atoms with van der Waals surface area (Å²) in [5, 5.41) is 19.1. The van der Waals surface area contributed by atoms with Crippen LogP contribution in [0.15, 0.2) is 35.9 Å². The number of Topliss-reactive ketones (excluding diaryl/α,β-unsaturated/α-hetero) is 1. The van der Waals surface area contributed by atoms with E-state index in [4.69, 9.17) is 14.2 Å². The zero-order valence-corrected chi connectivity index (χ0v) is 19.1. The number of nitriles is 2. The molecule has 0 aromatic heterocycles. The summed E-state index contributed by atoms with van der Waals surface area (Å²) >= 11 is 0. The van der Waals surface area contributed by atoms with Gasteiger partial charge in [0, 0.05) is 16.6 Å². The lowest BCUT2D eigenvalue weighted by Gasteiger charge is -2.34. The highest BCUT2D eigenvalue weighted by Gasteiger charge is 2.44. The van der Waals surface area contributed by atoms with Gasteiger partial charge in [0.05, 0.1) is 17.7 Å². The van der Waals surface area contributed by atoms with Crippen LogP contribution in [0, 0.1) is 22.7 Å². The Morgan fingerprint density at radius 2 is 1.85 bits per heavy atom. The number of carbonyl (C=O) groups is 1. The lowest BCUT2D eigenvalue weighted by molar-refractivity contribution is -0.141. The molecule has 1 atom stereocenters. The first-order valence-corrected chi connectivity index (χ1v) is 11.0. The Morgan fingerprint density at radius 1 is 1.09 bits per heavy atom. The highest BCUT2D eigenvalue weighted by molar-refractivity contribution is 6.33. The fourth-order valence-electron chi connectivity index (χ4n) is 5.17. The first-order chi connectivity index (χ1) is 15.7. The molecule has 1 fully saturated rings. The van der Waals surface area contributed by atoms with E-state index in [1.165, 1.54) is 0 Å². The second-order valence-corrected chi connectivity index (χ2v) is 9.69. The largest absolute Gasteiger partial charge is 0.491 e. The van der Waals surface area contributed by atoms with Gasteiger partial charge in [0.25, 0.3) is 0 Å². The molecule has 2 aliphatic carbocycles. The van der Waals surface area contributed by atoms with E-state index in [2.05, 4.69) is 26.0 Å². The molecule has 0 radical (unpaired) electrons. The predicted octanol–water partition coefficient (Wildman–Crippen LogP) is 4.44. The maximum atomic E-state index is 13.6. The highest BCUT2D eigenvalue weighted by atomic mass is 16.7. The van der Waals surface area contributed by atoms with Crippen molar-refractivity contribution in [2.75, 3.05) is 13.2 Å². The number of rotatable bonds is 3. The molecule has 3 aliphatic rings. The van der Waals surface area contributed by atoms with E-state index in [9.17, 15) is 15.3 Å². The van der Waals surface area contributed by atoms with Crippen molar-refractivity contribution >= 4 is 11.4 Å². The Bertz CT molecular complexity index is 1320. The molecule has 6 nitrogen and oxygen atoms in total. The van der Waals surface area contributed by atoms with Gasteiger partial charge in [0.1, 0.15) is 30.6 Å². The Balaban J connectivity index is 1.49. The third-order valence-electron chi connectivity index (χ3n) is 6.86. The first-order valence-electron chi connectivity index (χ1n) is 11.0. The van der Waals surface area contributed by atoms with Crippen molar-refractivity contribution < 1.29 is 19.0 Å². The summed E-state index contributed by atoms with van der Waals surface area (Å²) in [5.74, 6) is 0.0197. The molecule has 0 spiro atoms. The first kappa shape index (κ1) is 21.4. The van der Waals surface area contributed by atoms with E-state index in [1.807, 2.05) is 32.0 Å². The second kappa shape index (κ2) is 7.28. The van der Waals surface area contributed by atoms with E-state index in [1.54, 1.807) is 12.1 Å². The molecule has 5 rings (SSSR count). The topological polar surface area (TPSA) is 92.3 Å². The van der Waals surface area contributed by atoms with Crippen LogP contribution in [0.2, 0.25) is 0 Å². The quantitative estimate of drug-likeness (QED) is 0.700. The minimum absolute atomic E-state index is 0.0486. The predicted molar refractivity (Wildman–Crippen MR) is 121 cm³/mol. The number of benzene rings is 2.